The van der Waals surface area contributed by atoms with E-state index in [2.05, 4.69) is 20.6 Å². The first-order valence-electron chi connectivity index (χ1n) is 9.13. The number of benzene rings is 1. The Kier molecular flexibility index (Phi) is 5.60. The highest BCUT2D eigenvalue weighted by Crippen LogP contribution is 2.32. The number of fused-ring (bicyclic) bond motifs is 3. The van der Waals surface area contributed by atoms with Gasteiger partial charge in [0.1, 0.15) is 0 Å². The molecule has 0 atom stereocenters. The number of aryl methyl sites for hydroxylation is 1. The van der Waals surface area contributed by atoms with Gasteiger partial charge in [0.15, 0.2) is 10.8 Å². The van der Waals surface area contributed by atoms with Gasteiger partial charge in [-0.15, -0.1) is 0 Å². The van der Waals surface area contributed by atoms with Gasteiger partial charge in [-0.1, -0.05) is 6.92 Å². The number of nitrogens with one attached hydrogen (secondary N) is 3. The summed E-state index contributed by atoms with van der Waals surface area (Å²) in [6, 6.07) is 6.00. The minimum absolute atomic E-state index is 0.189. The summed E-state index contributed by atoms with van der Waals surface area (Å²) in [4.78, 5) is 20.2. The molecular weight excluding hydrogens is 360 g/mol. The molecule has 0 unspecified atom stereocenters. The summed E-state index contributed by atoms with van der Waals surface area (Å²) in [5.41, 5.74) is 4.03. The van der Waals surface area contributed by atoms with Gasteiger partial charge >= 0.3 is 5.97 Å². The lowest BCUT2D eigenvalue weighted by Gasteiger charge is -2.11. The molecule has 2 heterocycles. The molecule has 0 saturated carbocycles. The van der Waals surface area contributed by atoms with E-state index in [1.165, 1.54) is 0 Å². The molecule has 142 valence electrons. The molecule has 0 radical (unpaired) electrons. The van der Waals surface area contributed by atoms with E-state index in [9.17, 15) is 4.79 Å². The summed E-state index contributed by atoms with van der Waals surface area (Å²) < 4.78 is 5.37. The average Bonchev–Trinajstić information content (AvgIpc) is 2.98. The highest BCUT2D eigenvalue weighted by atomic mass is 32.1. The summed E-state index contributed by atoms with van der Waals surface area (Å²) in [7, 11) is 0. The van der Waals surface area contributed by atoms with Crippen LogP contribution in [0, 0.1) is 0 Å². The van der Waals surface area contributed by atoms with Crippen molar-refractivity contribution in [1.29, 1.82) is 0 Å². The number of aromatic nitrogens is 2. The Hall–Kier alpha value is -2.67. The third-order valence-corrected chi connectivity index (χ3v) is 4.47. The van der Waals surface area contributed by atoms with Crippen LogP contribution in [-0.4, -0.2) is 33.7 Å². The average molecular weight is 385 g/mol. The van der Waals surface area contributed by atoms with Crippen LogP contribution in [0.15, 0.2) is 24.4 Å². The van der Waals surface area contributed by atoms with E-state index in [0.717, 1.165) is 39.6 Å². The number of nitrogens with zero attached hydrogens (tertiary/aromatic N) is 1. The summed E-state index contributed by atoms with van der Waals surface area (Å²) in [6.07, 6.45) is 2.18. The summed E-state index contributed by atoms with van der Waals surface area (Å²) >= 11 is 5.28. The number of thiocarbonyl (C=S) groups is 1. The fourth-order valence-corrected chi connectivity index (χ4v) is 3.43. The van der Waals surface area contributed by atoms with Crippen LogP contribution in [0.25, 0.3) is 21.8 Å². The first-order valence-corrected chi connectivity index (χ1v) is 9.54. The van der Waals surface area contributed by atoms with E-state index < -0.39 is 0 Å². The Morgan fingerprint density at radius 2 is 2.07 bits per heavy atom. The highest BCUT2D eigenvalue weighted by Gasteiger charge is 2.20. The lowest BCUT2D eigenvalue weighted by molar-refractivity contribution is 0.0370. The number of hydrogen-bond acceptors (Lipinski definition) is 4. The van der Waals surface area contributed by atoms with Gasteiger partial charge in [0, 0.05) is 28.5 Å². The van der Waals surface area contributed by atoms with E-state index in [1.807, 2.05) is 45.9 Å². The smallest absolute Gasteiger partial charge is 0.357 e. The van der Waals surface area contributed by atoms with Crippen molar-refractivity contribution < 1.29 is 9.53 Å². The summed E-state index contributed by atoms with van der Waals surface area (Å²) in [5.74, 6) is -0.388. The molecule has 1 aromatic carbocycles. The Balaban J connectivity index is 2.13. The van der Waals surface area contributed by atoms with Crippen molar-refractivity contribution in [3.8, 4) is 0 Å². The fourth-order valence-electron chi connectivity index (χ4n) is 3.16. The van der Waals surface area contributed by atoms with Gasteiger partial charge in [0.25, 0.3) is 0 Å². The number of esters is 1. The summed E-state index contributed by atoms with van der Waals surface area (Å²) in [6.45, 7) is 8.44. The molecule has 0 aliphatic heterocycles. The zero-order valence-electron chi connectivity index (χ0n) is 16.0. The molecule has 7 heteroatoms. The second-order valence-corrected chi connectivity index (χ2v) is 6.96. The maximum atomic E-state index is 12.5. The predicted octanol–water partition coefficient (Wildman–Crippen LogP) is 4.15. The number of carbonyl (C=O) groups excluding carboxylic acids is 1. The second kappa shape index (κ2) is 7.92. The molecular formula is C20H24N4O2S. The van der Waals surface area contributed by atoms with Crippen LogP contribution >= 0.6 is 12.2 Å². The van der Waals surface area contributed by atoms with E-state index in [1.54, 1.807) is 6.20 Å². The lowest BCUT2D eigenvalue weighted by atomic mass is 10.0. The molecule has 27 heavy (non-hydrogen) atoms. The number of ether oxygens (including phenoxy) is 1. The van der Waals surface area contributed by atoms with Crippen LogP contribution in [0.3, 0.4) is 0 Å². The molecule has 0 saturated heterocycles. The molecule has 0 aliphatic rings. The van der Waals surface area contributed by atoms with E-state index in [4.69, 9.17) is 17.0 Å². The van der Waals surface area contributed by atoms with Crippen LogP contribution < -0.4 is 10.6 Å². The van der Waals surface area contributed by atoms with Crippen molar-refractivity contribution in [3.63, 3.8) is 0 Å². The van der Waals surface area contributed by atoms with Crippen LogP contribution in [0.5, 0.6) is 0 Å². The summed E-state index contributed by atoms with van der Waals surface area (Å²) in [5, 5.41) is 8.86. The van der Waals surface area contributed by atoms with Crippen LogP contribution in [0.1, 0.15) is 43.7 Å². The van der Waals surface area contributed by atoms with Crippen LogP contribution in [-0.2, 0) is 11.2 Å². The number of H-pyrrole nitrogens is 1. The lowest BCUT2D eigenvalue weighted by Crippen LogP contribution is -2.27. The SMILES string of the molecule is CCNC(=S)Nc1ccc2[nH]c3cnc(C(=O)OC(C)C)c(CC)c3c2c1. The fraction of sp³-hybridized carbons (Fsp3) is 0.350. The quantitative estimate of drug-likeness (QED) is 0.453. The van der Waals surface area contributed by atoms with Gasteiger partial charge in [0.05, 0.1) is 17.8 Å². The van der Waals surface area contributed by atoms with Crippen molar-refractivity contribution >= 4 is 50.8 Å². The van der Waals surface area contributed by atoms with Gasteiger partial charge in [0.2, 0.25) is 0 Å². The topological polar surface area (TPSA) is 79.0 Å². The number of carbonyl (C=O) groups is 1. The Morgan fingerprint density at radius 1 is 1.30 bits per heavy atom. The van der Waals surface area contributed by atoms with Crippen molar-refractivity contribution in [2.24, 2.45) is 0 Å². The maximum absolute atomic E-state index is 12.5. The number of hydrogen-bond donors (Lipinski definition) is 3. The Labute approximate surface area is 163 Å². The van der Waals surface area contributed by atoms with Crippen molar-refractivity contribution in [2.75, 3.05) is 11.9 Å². The number of aromatic amines is 1. The molecule has 6 nitrogen and oxygen atoms in total. The van der Waals surface area contributed by atoms with Crippen molar-refractivity contribution in [1.82, 2.24) is 15.3 Å². The minimum Gasteiger partial charge on any atom is -0.458 e. The number of pyridine rings is 1. The first-order chi connectivity index (χ1) is 12.9. The van der Waals surface area contributed by atoms with Crippen molar-refractivity contribution in [2.45, 2.75) is 40.2 Å². The van der Waals surface area contributed by atoms with Crippen LogP contribution in [0.2, 0.25) is 0 Å². The molecule has 3 N–H and O–H groups in total. The molecule has 3 rings (SSSR count). The molecule has 0 bridgehead atoms. The molecule has 0 spiro atoms. The van der Waals surface area contributed by atoms with Crippen LogP contribution in [0.4, 0.5) is 5.69 Å². The molecule has 0 aliphatic carbocycles. The molecule has 0 amide bonds. The highest BCUT2D eigenvalue weighted by molar-refractivity contribution is 7.80. The van der Waals surface area contributed by atoms with E-state index >= 15 is 0 Å². The zero-order chi connectivity index (χ0) is 19.6. The van der Waals surface area contributed by atoms with Gasteiger partial charge in [-0.2, -0.15) is 0 Å². The maximum Gasteiger partial charge on any atom is 0.357 e. The number of anilines is 1. The standard InChI is InChI=1S/C20H24N4O2S/c1-5-13-17-14-9-12(23-20(27)21-6-2)7-8-15(14)24-16(17)10-22-18(13)19(25)26-11(3)4/h7-11,24H,5-6H2,1-4H3,(H2,21,23,27). The number of rotatable bonds is 5. The van der Waals surface area contributed by atoms with E-state index in [-0.39, 0.29) is 12.1 Å². The van der Waals surface area contributed by atoms with Gasteiger partial charge in [-0.25, -0.2) is 9.78 Å². The largest absolute Gasteiger partial charge is 0.458 e. The van der Waals surface area contributed by atoms with E-state index in [0.29, 0.717) is 17.2 Å². The third kappa shape index (κ3) is 3.88. The Bertz CT molecular complexity index is 1010. The third-order valence-electron chi connectivity index (χ3n) is 4.22. The predicted molar refractivity (Wildman–Crippen MR) is 113 cm³/mol. The van der Waals surface area contributed by atoms with Gasteiger partial charge in [-0.05, 0) is 63.2 Å². The molecule has 0 fully saturated rings. The Morgan fingerprint density at radius 3 is 2.74 bits per heavy atom. The zero-order valence-corrected chi connectivity index (χ0v) is 16.8. The molecule has 3 aromatic rings. The van der Waals surface area contributed by atoms with Gasteiger partial charge in [-0.3, -0.25) is 0 Å². The monoisotopic (exact) mass is 384 g/mol. The minimum atomic E-state index is -0.388. The first kappa shape index (κ1) is 19.1. The second-order valence-electron chi connectivity index (χ2n) is 6.55. The normalized spacial score (nSPS) is 11.1. The van der Waals surface area contributed by atoms with Crippen molar-refractivity contribution in [3.05, 3.63) is 35.7 Å². The molecule has 2 aromatic heterocycles. The van der Waals surface area contributed by atoms with Gasteiger partial charge < -0.3 is 20.4 Å².